The van der Waals surface area contributed by atoms with Gasteiger partial charge in [-0.2, -0.15) is 18.2 Å². The van der Waals surface area contributed by atoms with Crippen LogP contribution in [0.3, 0.4) is 0 Å². The smallest absolute Gasteiger partial charge is 0.339 e. The Hall–Kier alpha value is -3.16. The summed E-state index contributed by atoms with van der Waals surface area (Å²) in [5.74, 6) is 0.381. The van der Waals surface area contributed by atoms with E-state index in [4.69, 9.17) is 4.52 Å². The quantitative estimate of drug-likeness (QED) is 0.642. The summed E-state index contributed by atoms with van der Waals surface area (Å²) in [5, 5.41) is 3.99. The zero-order valence-electron chi connectivity index (χ0n) is 15.6. The summed E-state index contributed by atoms with van der Waals surface area (Å²) in [6.45, 7) is 2.41. The number of hydrogen-bond donors (Lipinski definition) is 0. The second kappa shape index (κ2) is 7.35. The summed E-state index contributed by atoms with van der Waals surface area (Å²) in [6, 6.07) is 12.7. The lowest BCUT2D eigenvalue weighted by atomic mass is 10.1. The lowest BCUT2D eigenvalue weighted by Crippen LogP contribution is -2.24. The number of aromatic nitrogens is 2. The van der Waals surface area contributed by atoms with Gasteiger partial charge in [0.2, 0.25) is 17.6 Å². The molecule has 150 valence electrons. The van der Waals surface area contributed by atoms with Gasteiger partial charge in [0, 0.05) is 25.1 Å². The summed E-state index contributed by atoms with van der Waals surface area (Å²) in [7, 11) is 0. The molecule has 29 heavy (non-hydrogen) atoms. The highest BCUT2D eigenvalue weighted by molar-refractivity contribution is 5.79. The average Bonchev–Trinajstić information content (AvgIpc) is 3.29. The molecule has 4 rings (SSSR count). The molecule has 0 spiro atoms. The SMILES string of the molecule is Cc1ccc(-c2noc(C3CC(=O)N(Cc4cccc(C(F)(F)F)c4)C3)n2)cc1. The molecule has 0 saturated carbocycles. The first-order chi connectivity index (χ1) is 13.8. The number of carbonyl (C=O) groups is 1. The van der Waals surface area contributed by atoms with E-state index in [1.165, 1.54) is 11.0 Å². The Morgan fingerprint density at radius 1 is 1.17 bits per heavy atom. The van der Waals surface area contributed by atoms with Crippen molar-refractivity contribution in [2.45, 2.75) is 32.0 Å². The molecule has 0 radical (unpaired) electrons. The van der Waals surface area contributed by atoms with Crippen LogP contribution >= 0.6 is 0 Å². The minimum absolute atomic E-state index is 0.109. The van der Waals surface area contributed by atoms with Crippen LogP contribution in [-0.2, 0) is 17.5 Å². The Kier molecular flexibility index (Phi) is 4.86. The fourth-order valence-electron chi connectivity index (χ4n) is 3.38. The predicted octanol–water partition coefficient (Wildman–Crippen LogP) is 4.58. The molecule has 2 aromatic carbocycles. The lowest BCUT2D eigenvalue weighted by molar-refractivity contribution is -0.137. The van der Waals surface area contributed by atoms with E-state index in [9.17, 15) is 18.0 Å². The van der Waals surface area contributed by atoms with Crippen molar-refractivity contribution in [2.75, 3.05) is 6.54 Å². The molecule has 1 aromatic heterocycles. The van der Waals surface area contributed by atoms with Gasteiger partial charge in [-0.3, -0.25) is 4.79 Å². The third-order valence-electron chi connectivity index (χ3n) is 4.94. The first-order valence-electron chi connectivity index (χ1n) is 9.14. The number of amides is 1. The fraction of sp³-hybridized carbons (Fsp3) is 0.286. The third kappa shape index (κ3) is 4.16. The second-order valence-corrected chi connectivity index (χ2v) is 7.20. The summed E-state index contributed by atoms with van der Waals surface area (Å²) in [5.41, 5.74) is 1.64. The first-order valence-corrected chi connectivity index (χ1v) is 9.14. The van der Waals surface area contributed by atoms with E-state index in [1.807, 2.05) is 31.2 Å². The lowest BCUT2D eigenvalue weighted by Gasteiger charge is -2.17. The van der Waals surface area contributed by atoms with Crippen molar-refractivity contribution in [3.8, 4) is 11.4 Å². The van der Waals surface area contributed by atoms with Crippen LogP contribution in [0.1, 0.15) is 34.9 Å². The number of benzene rings is 2. The van der Waals surface area contributed by atoms with Crippen molar-refractivity contribution in [1.29, 1.82) is 0 Å². The van der Waals surface area contributed by atoms with Gasteiger partial charge in [0.05, 0.1) is 11.5 Å². The zero-order chi connectivity index (χ0) is 20.6. The third-order valence-corrected chi connectivity index (χ3v) is 4.94. The number of aryl methyl sites for hydroxylation is 1. The molecule has 0 aliphatic carbocycles. The van der Waals surface area contributed by atoms with Crippen LogP contribution in [0.4, 0.5) is 13.2 Å². The number of likely N-dealkylation sites (tertiary alicyclic amines) is 1. The minimum Gasteiger partial charge on any atom is -0.339 e. The van der Waals surface area contributed by atoms with Crippen LogP contribution in [0, 0.1) is 6.92 Å². The molecule has 1 aliphatic heterocycles. The van der Waals surface area contributed by atoms with Gasteiger partial charge in [-0.25, -0.2) is 0 Å². The number of alkyl halides is 3. The van der Waals surface area contributed by atoms with Crippen LogP contribution in [0.25, 0.3) is 11.4 Å². The fourth-order valence-corrected chi connectivity index (χ4v) is 3.38. The van der Waals surface area contributed by atoms with Crippen molar-refractivity contribution in [2.24, 2.45) is 0 Å². The largest absolute Gasteiger partial charge is 0.416 e. The summed E-state index contributed by atoms with van der Waals surface area (Å²) in [4.78, 5) is 18.3. The van der Waals surface area contributed by atoms with Crippen LogP contribution in [0.2, 0.25) is 0 Å². The van der Waals surface area contributed by atoms with E-state index < -0.39 is 11.7 Å². The molecule has 1 atom stereocenters. The molecule has 8 heteroatoms. The molecule has 1 fully saturated rings. The van der Waals surface area contributed by atoms with Gasteiger partial charge in [0.25, 0.3) is 0 Å². The van der Waals surface area contributed by atoms with Gasteiger partial charge in [-0.1, -0.05) is 47.1 Å². The van der Waals surface area contributed by atoms with Crippen molar-refractivity contribution >= 4 is 5.91 Å². The van der Waals surface area contributed by atoms with Gasteiger partial charge in [-0.15, -0.1) is 0 Å². The van der Waals surface area contributed by atoms with Crippen molar-refractivity contribution in [3.63, 3.8) is 0 Å². The molecule has 2 heterocycles. The molecular formula is C21H18F3N3O2. The minimum atomic E-state index is -4.41. The van der Waals surface area contributed by atoms with Crippen LogP contribution < -0.4 is 0 Å². The topological polar surface area (TPSA) is 59.2 Å². The second-order valence-electron chi connectivity index (χ2n) is 7.20. The summed E-state index contributed by atoms with van der Waals surface area (Å²) < 4.78 is 44.0. The van der Waals surface area contributed by atoms with Crippen molar-refractivity contribution in [3.05, 3.63) is 71.1 Å². The molecule has 0 N–H and O–H groups in total. The Labute approximate surface area is 165 Å². The van der Waals surface area contributed by atoms with Gasteiger partial charge in [-0.05, 0) is 24.6 Å². The van der Waals surface area contributed by atoms with Crippen molar-refractivity contribution in [1.82, 2.24) is 15.0 Å². The van der Waals surface area contributed by atoms with Crippen molar-refractivity contribution < 1.29 is 22.5 Å². The molecule has 1 amide bonds. The van der Waals surface area contributed by atoms with Crippen LogP contribution in [0.5, 0.6) is 0 Å². The standard InChI is InChI=1S/C21H18F3N3O2/c1-13-5-7-15(8-6-13)19-25-20(29-26-19)16-10-18(28)27(12-16)11-14-3-2-4-17(9-14)21(22,23)24/h2-9,16H,10-12H2,1H3. The number of carbonyl (C=O) groups excluding carboxylic acids is 1. The zero-order valence-corrected chi connectivity index (χ0v) is 15.6. The van der Waals surface area contributed by atoms with E-state index in [1.54, 1.807) is 6.07 Å². The predicted molar refractivity (Wildman–Crippen MR) is 98.7 cm³/mol. The maximum atomic E-state index is 12.9. The Morgan fingerprint density at radius 3 is 2.66 bits per heavy atom. The maximum Gasteiger partial charge on any atom is 0.416 e. The van der Waals surface area contributed by atoms with E-state index in [-0.39, 0.29) is 24.8 Å². The number of halogens is 3. The highest BCUT2D eigenvalue weighted by Crippen LogP contribution is 2.32. The average molecular weight is 401 g/mol. The highest BCUT2D eigenvalue weighted by atomic mass is 19.4. The van der Waals surface area contributed by atoms with Gasteiger partial charge < -0.3 is 9.42 Å². The number of nitrogens with zero attached hydrogens (tertiary/aromatic N) is 3. The van der Waals surface area contributed by atoms with Crippen LogP contribution in [-0.4, -0.2) is 27.5 Å². The van der Waals surface area contributed by atoms with Crippen LogP contribution in [0.15, 0.2) is 53.1 Å². The molecule has 1 saturated heterocycles. The molecule has 1 aliphatic rings. The molecule has 0 bridgehead atoms. The molecular weight excluding hydrogens is 383 g/mol. The van der Waals surface area contributed by atoms with Gasteiger partial charge in [0.15, 0.2) is 0 Å². The van der Waals surface area contributed by atoms with E-state index in [0.29, 0.717) is 23.8 Å². The number of hydrogen-bond acceptors (Lipinski definition) is 4. The maximum absolute atomic E-state index is 12.9. The Morgan fingerprint density at radius 2 is 1.93 bits per heavy atom. The first kappa shape index (κ1) is 19.2. The van der Waals surface area contributed by atoms with E-state index >= 15 is 0 Å². The Bertz CT molecular complexity index is 1030. The summed E-state index contributed by atoms with van der Waals surface area (Å²) >= 11 is 0. The number of rotatable bonds is 4. The highest BCUT2D eigenvalue weighted by Gasteiger charge is 2.35. The monoisotopic (exact) mass is 401 g/mol. The van der Waals surface area contributed by atoms with Gasteiger partial charge >= 0.3 is 6.18 Å². The van der Waals surface area contributed by atoms with E-state index in [0.717, 1.165) is 23.3 Å². The Balaban J connectivity index is 1.47. The molecule has 1 unspecified atom stereocenters. The molecule has 5 nitrogen and oxygen atoms in total. The summed E-state index contributed by atoms with van der Waals surface area (Å²) in [6.07, 6.45) is -4.22. The van der Waals surface area contributed by atoms with Gasteiger partial charge in [0.1, 0.15) is 0 Å². The van der Waals surface area contributed by atoms with E-state index in [2.05, 4.69) is 10.1 Å². The molecule has 3 aromatic rings. The normalized spacial score (nSPS) is 17.2.